The molecule has 3 heteroatoms. The van der Waals surface area contributed by atoms with E-state index in [0.717, 1.165) is 5.75 Å². The second-order valence-electron chi connectivity index (χ2n) is 2.03. The van der Waals surface area contributed by atoms with Crippen LogP contribution in [0.15, 0.2) is 22.7 Å². The van der Waals surface area contributed by atoms with E-state index in [1.165, 1.54) is 6.07 Å². The molecule has 0 bridgehead atoms. The summed E-state index contributed by atoms with van der Waals surface area (Å²) in [5.41, 5.74) is 0. The van der Waals surface area contributed by atoms with E-state index in [1.54, 1.807) is 12.1 Å². The Morgan fingerprint density at radius 2 is 2.27 bits per heavy atom. The average molecular weight is 216 g/mol. The maximum atomic E-state index is 10.9. The molecule has 0 aliphatic rings. The highest BCUT2D eigenvalue weighted by atomic mass is 79.9. The van der Waals surface area contributed by atoms with E-state index in [9.17, 15) is 5.11 Å². The zero-order valence-electron chi connectivity index (χ0n) is 6.13. The molecule has 59 valence electrons. The van der Waals surface area contributed by atoms with Crippen molar-refractivity contribution in [1.82, 2.24) is 0 Å². The van der Waals surface area contributed by atoms with E-state index in [1.807, 2.05) is 6.92 Å². The highest BCUT2D eigenvalue weighted by Gasteiger charge is 2.00. The first-order valence-corrected chi connectivity index (χ1v) is 4.12. The van der Waals surface area contributed by atoms with Crippen molar-refractivity contribution >= 4 is 15.9 Å². The summed E-state index contributed by atoms with van der Waals surface area (Å²) >= 11 is 3.12. The van der Waals surface area contributed by atoms with E-state index in [4.69, 9.17) is 4.74 Å². The van der Waals surface area contributed by atoms with Gasteiger partial charge in [-0.15, -0.1) is 0 Å². The summed E-state index contributed by atoms with van der Waals surface area (Å²) in [6.07, 6.45) is 0. The molecular weight excluding hydrogens is 208 g/mol. The van der Waals surface area contributed by atoms with Crippen LogP contribution in [0.1, 0.15) is 6.92 Å². The molecular formula is C8H8BrO2. The molecule has 1 aromatic carbocycles. The number of hydrogen-bond acceptors (Lipinski definition) is 1. The molecule has 0 heterocycles. The molecule has 2 nitrogen and oxygen atoms in total. The molecule has 0 aromatic heterocycles. The van der Waals surface area contributed by atoms with Crippen molar-refractivity contribution in [3.05, 3.63) is 22.7 Å². The summed E-state index contributed by atoms with van der Waals surface area (Å²) in [5.74, 6) is 0.701. The molecule has 0 N–H and O–H groups in total. The Morgan fingerprint density at radius 3 is 2.82 bits per heavy atom. The van der Waals surface area contributed by atoms with Gasteiger partial charge in [-0.1, -0.05) is 0 Å². The standard InChI is InChI=1S/C8H8BrO2/c1-2-11-6-3-4-8(10)7(9)5-6/h3-5H,2H2,1H3. The number of benzene rings is 1. The Labute approximate surface area is 73.9 Å². The predicted molar refractivity (Wildman–Crippen MR) is 45.4 cm³/mol. The van der Waals surface area contributed by atoms with E-state index < -0.39 is 0 Å². The van der Waals surface area contributed by atoms with Gasteiger partial charge in [-0.05, 0) is 41.1 Å². The van der Waals surface area contributed by atoms with Gasteiger partial charge < -0.3 is 4.74 Å². The minimum absolute atomic E-state index is 0.0200. The monoisotopic (exact) mass is 215 g/mol. The molecule has 1 radical (unpaired) electrons. The lowest BCUT2D eigenvalue weighted by Crippen LogP contribution is -1.90. The zero-order chi connectivity index (χ0) is 8.27. The van der Waals surface area contributed by atoms with E-state index >= 15 is 0 Å². The van der Waals surface area contributed by atoms with Crippen LogP contribution in [-0.2, 0) is 5.11 Å². The fourth-order valence-corrected chi connectivity index (χ4v) is 1.10. The van der Waals surface area contributed by atoms with Crippen molar-refractivity contribution in [1.29, 1.82) is 0 Å². The SMILES string of the molecule is CCOc1ccc([O])c(Br)c1. The Kier molecular flexibility index (Phi) is 2.76. The Hall–Kier alpha value is -0.700. The lowest BCUT2D eigenvalue weighted by molar-refractivity contribution is 0.333. The quantitative estimate of drug-likeness (QED) is 0.746. The molecule has 0 amide bonds. The van der Waals surface area contributed by atoms with Crippen LogP contribution in [-0.4, -0.2) is 6.61 Å². The molecule has 0 aliphatic carbocycles. The third-order valence-corrected chi connectivity index (χ3v) is 1.83. The molecule has 0 aliphatic heterocycles. The van der Waals surface area contributed by atoms with Crippen LogP contribution >= 0.6 is 15.9 Å². The fraction of sp³-hybridized carbons (Fsp3) is 0.250. The lowest BCUT2D eigenvalue weighted by atomic mass is 10.3. The van der Waals surface area contributed by atoms with Crippen LogP contribution in [0.5, 0.6) is 11.5 Å². The van der Waals surface area contributed by atoms with E-state index in [2.05, 4.69) is 15.9 Å². The molecule has 0 atom stereocenters. The molecule has 0 spiro atoms. The van der Waals surface area contributed by atoms with Crippen molar-refractivity contribution in [2.45, 2.75) is 6.92 Å². The number of ether oxygens (including phenoxy) is 1. The maximum Gasteiger partial charge on any atom is 0.193 e. The van der Waals surface area contributed by atoms with Gasteiger partial charge >= 0.3 is 0 Å². The van der Waals surface area contributed by atoms with Crippen LogP contribution in [0.3, 0.4) is 0 Å². The molecule has 1 rings (SSSR count). The first kappa shape index (κ1) is 8.40. The van der Waals surface area contributed by atoms with Gasteiger partial charge in [-0.25, -0.2) is 0 Å². The molecule has 0 unspecified atom stereocenters. The van der Waals surface area contributed by atoms with Gasteiger partial charge in [0.1, 0.15) is 5.75 Å². The minimum Gasteiger partial charge on any atom is -0.494 e. The van der Waals surface area contributed by atoms with Gasteiger partial charge in [0, 0.05) is 0 Å². The average Bonchev–Trinajstić information content (AvgIpc) is 1.98. The predicted octanol–water partition coefficient (Wildman–Crippen LogP) is 2.99. The van der Waals surface area contributed by atoms with Crippen molar-refractivity contribution in [3.63, 3.8) is 0 Å². The highest BCUT2D eigenvalue weighted by Crippen LogP contribution is 2.28. The Balaban J connectivity index is 2.86. The molecule has 0 fully saturated rings. The maximum absolute atomic E-state index is 10.9. The van der Waals surface area contributed by atoms with Gasteiger partial charge in [0.2, 0.25) is 0 Å². The molecule has 11 heavy (non-hydrogen) atoms. The number of hydrogen-bond donors (Lipinski definition) is 0. The third kappa shape index (κ3) is 2.12. The summed E-state index contributed by atoms with van der Waals surface area (Å²) in [5, 5.41) is 10.9. The van der Waals surface area contributed by atoms with Gasteiger partial charge in [-0.3, -0.25) is 5.11 Å². The zero-order valence-corrected chi connectivity index (χ0v) is 7.72. The Morgan fingerprint density at radius 1 is 1.55 bits per heavy atom. The normalized spacial score (nSPS) is 9.64. The molecule has 0 saturated carbocycles. The van der Waals surface area contributed by atoms with Crippen molar-refractivity contribution in [3.8, 4) is 11.5 Å². The highest BCUT2D eigenvalue weighted by molar-refractivity contribution is 9.10. The first-order chi connectivity index (χ1) is 5.24. The smallest absolute Gasteiger partial charge is 0.193 e. The molecule has 0 saturated heterocycles. The topological polar surface area (TPSA) is 29.1 Å². The van der Waals surface area contributed by atoms with Crippen molar-refractivity contribution < 1.29 is 9.84 Å². The third-order valence-electron chi connectivity index (χ3n) is 1.21. The number of halogens is 1. The van der Waals surface area contributed by atoms with Crippen LogP contribution in [0.25, 0.3) is 0 Å². The van der Waals surface area contributed by atoms with Crippen molar-refractivity contribution in [2.24, 2.45) is 0 Å². The fourth-order valence-electron chi connectivity index (χ4n) is 0.738. The van der Waals surface area contributed by atoms with E-state index in [0.29, 0.717) is 11.1 Å². The summed E-state index contributed by atoms with van der Waals surface area (Å²) in [4.78, 5) is 0. The minimum atomic E-state index is -0.0200. The summed E-state index contributed by atoms with van der Waals surface area (Å²) in [6, 6.07) is 4.82. The summed E-state index contributed by atoms with van der Waals surface area (Å²) in [6.45, 7) is 2.52. The Bertz CT molecular complexity index is 248. The lowest BCUT2D eigenvalue weighted by Gasteiger charge is -2.02. The van der Waals surface area contributed by atoms with Gasteiger partial charge in [0.15, 0.2) is 5.75 Å². The second-order valence-corrected chi connectivity index (χ2v) is 2.88. The number of rotatable bonds is 2. The largest absolute Gasteiger partial charge is 0.494 e. The molecule has 1 aromatic rings. The first-order valence-electron chi connectivity index (χ1n) is 3.33. The van der Waals surface area contributed by atoms with Crippen molar-refractivity contribution in [2.75, 3.05) is 6.61 Å². The van der Waals surface area contributed by atoms with E-state index in [-0.39, 0.29) is 5.75 Å². The van der Waals surface area contributed by atoms with Crippen LogP contribution in [0.2, 0.25) is 0 Å². The van der Waals surface area contributed by atoms with Gasteiger partial charge in [0.05, 0.1) is 11.1 Å². The summed E-state index contributed by atoms with van der Waals surface area (Å²) < 4.78 is 5.72. The second kappa shape index (κ2) is 3.62. The van der Waals surface area contributed by atoms with Gasteiger partial charge in [0.25, 0.3) is 0 Å². The van der Waals surface area contributed by atoms with Crippen LogP contribution in [0.4, 0.5) is 0 Å². The van der Waals surface area contributed by atoms with Crippen LogP contribution in [0, 0.1) is 0 Å². The summed E-state index contributed by atoms with van der Waals surface area (Å²) in [7, 11) is 0. The van der Waals surface area contributed by atoms with Gasteiger partial charge in [-0.2, -0.15) is 0 Å². The van der Waals surface area contributed by atoms with Crippen LogP contribution < -0.4 is 4.74 Å².